The molecule has 0 fully saturated rings. The molecular weight excluding hydrogens is 278 g/mol. The van der Waals surface area contributed by atoms with E-state index in [-0.39, 0.29) is 4.90 Å². The van der Waals surface area contributed by atoms with Gasteiger partial charge in [0.05, 0.1) is 4.90 Å². The Bertz CT molecular complexity index is 454. The van der Waals surface area contributed by atoms with Crippen LogP contribution in [-0.2, 0) is 10.0 Å². The molecule has 0 aliphatic carbocycles. The van der Waals surface area contributed by atoms with Crippen molar-refractivity contribution in [1.29, 1.82) is 0 Å². The zero-order valence-corrected chi connectivity index (χ0v) is 10.5. The number of hydrogen-bond donors (Lipinski definition) is 1. The molecule has 1 aromatic carbocycles. The summed E-state index contributed by atoms with van der Waals surface area (Å²) in [6.45, 7) is 0. The molecule has 0 spiro atoms. The second kappa shape index (κ2) is 5.44. The third kappa shape index (κ3) is 3.77. The summed E-state index contributed by atoms with van der Waals surface area (Å²) < 4.78 is 22.4. The van der Waals surface area contributed by atoms with Gasteiger partial charge in [0, 0.05) is 5.33 Å². The van der Waals surface area contributed by atoms with Gasteiger partial charge in [-0.1, -0.05) is 46.3 Å². The summed E-state index contributed by atoms with van der Waals surface area (Å²) in [6.07, 6.45) is 4.51. The minimum absolute atomic E-state index is 0.163. The summed E-state index contributed by atoms with van der Waals surface area (Å²) in [5, 5.41) is 5.94. The molecule has 1 rings (SSSR count). The van der Waals surface area contributed by atoms with Crippen molar-refractivity contribution >= 4 is 32.0 Å². The van der Waals surface area contributed by atoms with Crippen molar-refractivity contribution in [3.05, 3.63) is 35.9 Å². The van der Waals surface area contributed by atoms with Crippen LogP contribution in [0.25, 0.3) is 6.08 Å². The van der Waals surface area contributed by atoms with Gasteiger partial charge < -0.3 is 0 Å². The van der Waals surface area contributed by atoms with Crippen LogP contribution in [0.15, 0.2) is 35.2 Å². The number of alkyl halides is 1. The lowest BCUT2D eigenvalue weighted by atomic mass is 10.2. The molecule has 0 amide bonds. The summed E-state index contributed by atoms with van der Waals surface area (Å²) in [5.41, 5.74) is 0.626. The molecule has 0 atom stereocenters. The molecule has 0 aliphatic heterocycles. The molecule has 0 saturated carbocycles. The Kier molecular flexibility index (Phi) is 4.50. The van der Waals surface area contributed by atoms with E-state index in [2.05, 4.69) is 15.9 Å². The molecule has 0 bridgehead atoms. The third-order valence-corrected chi connectivity index (χ3v) is 3.24. The van der Waals surface area contributed by atoms with Gasteiger partial charge in [-0.05, 0) is 18.1 Å². The van der Waals surface area contributed by atoms with E-state index in [1.807, 2.05) is 6.08 Å². The first-order chi connectivity index (χ1) is 7.05. The zero-order chi connectivity index (χ0) is 11.3. The summed E-state index contributed by atoms with van der Waals surface area (Å²) >= 11 is 3.29. The quantitative estimate of drug-likeness (QED) is 0.864. The monoisotopic (exact) mass is 289 g/mol. The van der Waals surface area contributed by atoms with Crippen LogP contribution in [0.1, 0.15) is 12.0 Å². The average molecular weight is 290 g/mol. The van der Waals surface area contributed by atoms with Gasteiger partial charge in [0.15, 0.2) is 0 Å². The smallest absolute Gasteiger partial charge is 0.225 e. The van der Waals surface area contributed by atoms with Gasteiger partial charge >= 0.3 is 0 Å². The molecule has 0 unspecified atom stereocenters. The molecule has 82 valence electrons. The molecule has 5 heteroatoms. The largest absolute Gasteiger partial charge is 0.238 e. The second-order valence-corrected chi connectivity index (χ2v) is 5.29. The van der Waals surface area contributed by atoms with Gasteiger partial charge in [0.2, 0.25) is 10.0 Å². The molecule has 0 heterocycles. The van der Waals surface area contributed by atoms with Crippen molar-refractivity contribution in [2.75, 3.05) is 5.33 Å². The summed E-state index contributed by atoms with van der Waals surface area (Å²) in [7, 11) is -3.63. The topological polar surface area (TPSA) is 60.2 Å². The highest BCUT2D eigenvalue weighted by molar-refractivity contribution is 9.09. The SMILES string of the molecule is NS(=O)(=O)c1ccccc1C=CCCBr. The third-order valence-electron chi connectivity index (χ3n) is 1.80. The first-order valence-electron chi connectivity index (χ1n) is 4.40. The molecule has 0 radical (unpaired) electrons. The number of primary sulfonamides is 1. The molecule has 0 aromatic heterocycles. The van der Waals surface area contributed by atoms with Gasteiger partial charge in [0.1, 0.15) is 0 Å². The highest BCUT2D eigenvalue weighted by Gasteiger charge is 2.10. The van der Waals surface area contributed by atoms with Crippen molar-refractivity contribution in [1.82, 2.24) is 0 Å². The fourth-order valence-electron chi connectivity index (χ4n) is 1.15. The Morgan fingerprint density at radius 2 is 2.00 bits per heavy atom. The van der Waals surface area contributed by atoms with Crippen LogP contribution in [0, 0.1) is 0 Å². The Morgan fingerprint density at radius 3 is 2.60 bits per heavy atom. The first kappa shape index (κ1) is 12.4. The fourth-order valence-corrected chi connectivity index (χ4v) is 2.15. The Hall–Kier alpha value is -0.650. The Morgan fingerprint density at radius 1 is 1.33 bits per heavy atom. The van der Waals surface area contributed by atoms with Gasteiger partial charge in [-0.2, -0.15) is 0 Å². The number of rotatable bonds is 4. The van der Waals surface area contributed by atoms with E-state index in [9.17, 15) is 8.42 Å². The number of sulfonamides is 1. The van der Waals surface area contributed by atoms with Gasteiger partial charge in [0.25, 0.3) is 0 Å². The number of nitrogens with two attached hydrogens (primary N) is 1. The van der Waals surface area contributed by atoms with Crippen molar-refractivity contribution in [3.8, 4) is 0 Å². The average Bonchev–Trinajstić information content (AvgIpc) is 2.17. The van der Waals surface area contributed by atoms with E-state index in [1.54, 1.807) is 24.3 Å². The first-order valence-corrected chi connectivity index (χ1v) is 7.07. The molecular formula is C10H12BrNO2S. The number of halogens is 1. The number of benzene rings is 1. The van der Waals surface area contributed by atoms with Crippen LogP contribution >= 0.6 is 15.9 Å². The lowest BCUT2D eigenvalue weighted by Gasteiger charge is -2.02. The standard InChI is InChI=1S/C10H12BrNO2S/c11-8-4-3-6-9-5-1-2-7-10(9)15(12,13)14/h1-3,5-7H,4,8H2,(H2,12,13,14). The highest BCUT2D eigenvalue weighted by Crippen LogP contribution is 2.15. The Balaban J connectivity index is 3.08. The normalized spacial score (nSPS) is 12.1. The van der Waals surface area contributed by atoms with Gasteiger partial charge in [-0.25, -0.2) is 13.6 Å². The van der Waals surface area contributed by atoms with Gasteiger partial charge in [-0.15, -0.1) is 0 Å². The van der Waals surface area contributed by atoms with Crippen LogP contribution in [0.3, 0.4) is 0 Å². The summed E-state index contributed by atoms with van der Waals surface area (Å²) in [5.74, 6) is 0. The van der Waals surface area contributed by atoms with E-state index in [4.69, 9.17) is 5.14 Å². The molecule has 3 nitrogen and oxygen atoms in total. The maximum absolute atomic E-state index is 11.2. The van der Waals surface area contributed by atoms with E-state index in [0.717, 1.165) is 11.8 Å². The minimum Gasteiger partial charge on any atom is -0.225 e. The predicted octanol–water partition coefficient (Wildman–Crippen LogP) is 2.13. The van der Waals surface area contributed by atoms with Gasteiger partial charge in [-0.3, -0.25) is 0 Å². The van der Waals surface area contributed by atoms with Crippen LogP contribution in [0.5, 0.6) is 0 Å². The van der Waals surface area contributed by atoms with E-state index in [1.165, 1.54) is 6.07 Å². The van der Waals surface area contributed by atoms with Crippen molar-refractivity contribution in [2.24, 2.45) is 5.14 Å². The maximum Gasteiger partial charge on any atom is 0.238 e. The second-order valence-electron chi connectivity index (χ2n) is 2.96. The van der Waals surface area contributed by atoms with Crippen molar-refractivity contribution in [3.63, 3.8) is 0 Å². The molecule has 15 heavy (non-hydrogen) atoms. The zero-order valence-electron chi connectivity index (χ0n) is 8.06. The number of allylic oxidation sites excluding steroid dienone is 1. The van der Waals surface area contributed by atoms with Crippen LogP contribution in [0.4, 0.5) is 0 Å². The van der Waals surface area contributed by atoms with Crippen LogP contribution in [0.2, 0.25) is 0 Å². The number of hydrogen-bond acceptors (Lipinski definition) is 2. The lowest BCUT2D eigenvalue weighted by molar-refractivity contribution is 0.597. The van der Waals surface area contributed by atoms with Crippen LogP contribution < -0.4 is 5.14 Å². The molecule has 0 saturated heterocycles. The van der Waals surface area contributed by atoms with E-state index >= 15 is 0 Å². The van der Waals surface area contributed by atoms with E-state index < -0.39 is 10.0 Å². The Labute approximate surface area is 98.2 Å². The molecule has 0 aliphatic rings. The molecule has 1 aromatic rings. The van der Waals surface area contributed by atoms with Crippen molar-refractivity contribution in [2.45, 2.75) is 11.3 Å². The predicted molar refractivity (Wildman–Crippen MR) is 65.3 cm³/mol. The minimum atomic E-state index is -3.63. The highest BCUT2D eigenvalue weighted by atomic mass is 79.9. The van der Waals surface area contributed by atoms with Crippen LogP contribution in [-0.4, -0.2) is 13.7 Å². The van der Waals surface area contributed by atoms with Crippen molar-refractivity contribution < 1.29 is 8.42 Å². The fraction of sp³-hybridized carbons (Fsp3) is 0.200. The lowest BCUT2D eigenvalue weighted by Crippen LogP contribution is -2.13. The molecule has 2 N–H and O–H groups in total. The maximum atomic E-state index is 11.2. The van der Waals surface area contributed by atoms with E-state index in [0.29, 0.717) is 5.56 Å². The summed E-state index contributed by atoms with van der Waals surface area (Å²) in [4.78, 5) is 0.163. The summed E-state index contributed by atoms with van der Waals surface area (Å²) in [6, 6.07) is 6.66.